The van der Waals surface area contributed by atoms with Crippen LogP contribution in [0.2, 0.25) is 0 Å². The fourth-order valence-electron chi connectivity index (χ4n) is 1.59. The van der Waals surface area contributed by atoms with Crippen LogP contribution in [0.15, 0.2) is 36.4 Å². The van der Waals surface area contributed by atoms with Gasteiger partial charge in [-0.05, 0) is 18.1 Å². The molecule has 0 aromatic heterocycles. The minimum atomic E-state index is -0.407. The molecule has 0 N–H and O–H groups in total. The predicted octanol–water partition coefficient (Wildman–Crippen LogP) is 2.11. The van der Waals surface area contributed by atoms with Gasteiger partial charge in [-0.2, -0.15) is 0 Å². The van der Waals surface area contributed by atoms with E-state index in [2.05, 4.69) is 4.74 Å². The summed E-state index contributed by atoms with van der Waals surface area (Å²) in [7, 11) is 1.32. The van der Waals surface area contributed by atoms with E-state index in [-0.39, 0.29) is 12.5 Å². The monoisotopic (exact) mass is 261 g/mol. The first-order chi connectivity index (χ1) is 9.17. The quantitative estimate of drug-likeness (QED) is 0.582. The Balaban J connectivity index is 2.66. The second-order valence-electron chi connectivity index (χ2n) is 4.08. The standard InChI is InChI=1S/C15H19NO3/c1-3-11-16(12-15(18)19-2)14(17)10-9-13-7-5-4-6-8-13/h4-10H,3,11-12H2,1-2H3/b10-9+. The highest BCUT2D eigenvalue weighted by Gasteiger charge is 2.14. The van der Waals surface area contributed by atoms with Gasteiger partial charge in [-0.15, -0.1) is 0 Å². The van der Waals surface area contributed by atoms with Crippen molar-refractivity contribution < 1.29 is 14.3 Å². The number of carbonyl (C=O) groups is 2. The van der Waals surface area contributed by atoms with Gasteiger partial charge in [0.2, 0.25) is 5.91 Å². The summed E-state index contributed by atoms with van der Waals surface area (Å²) in [6.45, 7) is 2.48. The van der Waals surface area contributed by atoms with E-state index in [0.717, 1.165) is 12.0 Å². The van der Waals surface area contributed by atoms with Crippen LogP contribution in [0.5, 0.6) is 0 Å². The van der Waals surface area contributed by atoms with Crippen molar-refractivity contribution in [1.82, 2.24) is 4.90 Å². The third-order valence-electron chi connectivity index (χ3n) is 2.57. The molecule has 1 rings (SSSR count). The number of carbonyl (C=O) groups excluding carboxylic acids is 2. The Bertz CT molecular complexity index is 440. The summed E-state index contributed by atoms with van der Waals surface area (Å²) in [6, 6.07) is 9.55. The van der Waals surface area contributed by atoms with E-state index in [1.165, 1.54) is 18.1 Å². The molecule has 0 aliphatic heterocycles. The van der Waals surface area contributed by atoms with Crippen molar-refractivity contribution in [3.8, 4) is 0 Å². The van der Waals surface area contributed by atoms with Crippen molar-refractivity contribution in [2.75, 3.05) is 20.2 Å². The highest BCUT2D eigenvalue weighted by molar-refractivity contribution is 5.93. The summed E-state index contributed by atoms with van der Waals surface area (Å²) in [5.74, 6) is -0.592. The molecule has 0 aliphatic rings. The number of rotatable bonds is 6. The highest BCUT2D eigenvalue weighted by atomic mass is 16.5. The van der Waals surface area contributed by atoms with Crippen LogP contribution in [-0.4, -0.2) is 37.0 Å². The molecule has 0 aliphatic carbocycles. The molecule has 0 fully saturated rings. The molecule has 1 amide bonds. The van der Waals surface area contributed by atoms with Gasteiger partial charge in [0.05, 0.1) is 7.11 Å². The molecular weight excluding hydrogens is 242 g/mol. The van der Waals surface area contributed by atoms with Gasteiger partial charge in [0.1, 0.15) is 6.54 Å². The van der Waals surface area contributed by atoms with Gasteiger partial charge in [0, 0.05) is 12.6 Å². The fraction of sp³-hybridized carbons (Fsp3) is 0.333. The van der Waals surface area contributed by atoms with Crippen LogP contribution in [0.3, 0.4) is 0 Å². The van der Waals surface area contributed by atoms with E-state index in [0.29, 0.717) is 6.54 Å². The maximum absolute atomic E-state index is 12.0. The van der Waals surface area contributed by atoms with Gasteiger partial charge in [-0.25, -0.2) is 0 Å². The number of methoxy groups -OCH3 is 1. The zero-order chi connectivity index (χ0) is 14.1. The summed E-state index contributed by atoms with van der Waals surface area (Å²) in [5.41, 5.74) is 0.949. The lowest BCUT2D eigenvalue weighted by Crippen LogP contribution is -2.35. The summed E-state index contributed by atoms with van der Waals surface area (Å²) < 4.78 is 4.58. The Hall–Kier alpha value is -2.10. The summed E-state index contributed by atoms with van der Waals surface area (Å²) in [6.07, 6.45) is 4.01. The van der Waals surface area contributed by atoms with Crippen LogP contribution in [0.25, 0.3) is 6.08 Å². The third-order valence-corrected chi connectivity index (χ3v) is 2.57. The minimum absolute atomic E-state index is 0.0116. The average Bonchev–Trinajstić information content (AvgIpc) is 2.45. The van der Waals surface area contributed by atoms with Gasteiger partial charge in [-0.1, -0.05) is 37.3 Å². The van der Waals surface area contributed by atoms with Crippen molar-refractivity contribution in [2.24, 2.45) is 0 Å². The molecule has 0 heterocycles. The first kappa shape index (κ1) is 15.0. The molecule has 0 saturated heterocycles. The van der Waals surface area contributed by atoms with Crippen molar-refractivity contribution in [3.63, 3.8) is 0 Å². The predicted molar refractivity (Wildman–Crippen MR) is 74.4 cm³/mol. The molecule has 102 valence electrons. The second kappa shape index (κ2) is 8.08. The highest BCUT2D eigenvalue weighted by Crippen LogP contribution is 2.03. The van der Waals surface area contributed by atoms with Gasteiger partial charge in [0.15, 0.2) is 0 Å². The Morgan fingerprint density at radius 1 is 1.26 bits per heavy atom. The third kappa shape index (κ3) is 5.38. The molecule has 4 nitrogen and oxygen atoms in total. The van der Waals surface area contributed by atoms with Crippen molar-refractivity contribution in [3.05, 3.63) is 42.0 Å². The lowest BCUT2D eigenvalue weighted by Gasteiger charge is -2.18. The molecular formula is C15H19NO3. The van der Waals surface area contributed by atoms with E-state index in [1.807, 2.05) is 37.3 Å². The summed E-state index contributed by atoms with van der Waals surface area (Å²) in [5, 5.41) is 0. The van der Waals surface area contributed by atoms with E-state index < -0.39 is 5.97 Å². The number of esters is 1. The number of ether oxygens (including phenoxy) is 1. The zero-order valence-corrected chi connectivity index (χ0v) is 11.3. The summed E-state index contributed by atoms with van der Waals surface area (Å²) >= 11 is 0. The molecule has 0 bridgehead atoms. The molecule has 19 heavy (non-hydrogen) atoms. The van der Waals surface area contributed by atoms with E-state index in [9.17, 15) is 9.59 Å². The molecule has 0 saturated carbocycles. The topological polar surface area (TPSA) is 46.6 Å². The number of benzene rings is 1. The minimum Gasteiger partial charge on any atom is -0.468 e. The molecule has 4 heteroatoms. The Labute approximate surface area is 113 Å². The Kier molecular flexibility index (Phi) is 6.36. The van der Waals surface area contributed by atoms with Crippen molar-refractivity contribution >= 4 is 18.0 Å². The van der Waals surface area contributed by atoms with Gasteiger partial charge >= 0.3 is 5.97 Å². The Morgan fingerprint density at radius 3 is 2.53 bits per heavy atom. The molecule has 0 spiro atoms. The molecule has 0 unspecified atom stereocenters. The number of nitrogens with zero attached hydrogens (tertiary/aromatic N) is 1. The SMILES string of the molecule is CCCN(CC(=O)OC)C(=O)/C=C/c1ccccc1. The number of hydrogen-bond acceptors (Lipinski definition) is 3. The first-order valence-electron chi connectivity index (χ1n) is 6.26. The smallest absolute Gasteiger partial charge is 0.325 e. The average molecular weight is 261 g/mol. The lowest BCUT2D eigenvalue weighted by atomic mass is 10.2. The van der Waals surface area contributed by atoms with Gasteiger partial charge in [0.25, 0.3) is 0 Å². The van der Waals surface area contributed by atoms with Crippen LogP contribution in [0.1, 0.15) is 18.9 Å². The maximum Gasteiger partial charge on any atom is 0.325 e. The van der Waals surface area contributed by atoms with Crippen molar-refractivity contribution in [1.29, 1.82) is 0 Å². The van der Waals surface area contributed by atoms with Crippen LogP contribution < -0.4 is 0 Å². The second-order valence-corrected chi connectivity index (χ2v) is 4.08. The van der Waals surface area contributed by atoms with Crippen LogP contribution in [0.4, 0.5) is 0 Å². The van der Waals surface area contributed by atoms with Crippen LogP contribution >= 0.6 is 0 Å². The first-order valence-corrected chi connectivity index (χ1v) is 6.26. The van der Waals surface area contributed by atoms with Crippen molar-refractivity contribution in [2.45, 2.75) is 13.3 Å². The lowest BCUT2D eigenvalue weighted by molar-refractivity contribution is -0.145. The molecule has 1 aromatic rings. The zero-order valence-electron chi connectivity index (χ0n) is 11.3. The van der Waals surface area contributed by atoms with Crippen LogP contribution in [-0.2, 0) is 14.3 Å². The molecule has 0 atom stereocenters. The Morgan fingerprint density at radius 2 is 1.95 bits per heavy atom. The van der Waals surface area contributed by atoms with E-state index in [4.69, 9.17) is 0 Å². The summed E-state index contributed by atoms with van der Waals surface area (Å²) in [4.78, 5) is 24.7. The molecule has 0 radical (unpaired) electrons. The fourth-order valence-corrected chi connectivity index (χ4v) is 1.59. The number of amides is 1. The van der Waals surface area contributed by atoms with Gasteiger partial charge < -0.3 is 9.64 Å². The molecule has 1 aromatic carbocycles. The van der Waals surface area contributed by atoms with Crippen LogP contribution in [0, 0.1) is 0 Å². The van der Waals surface area contributed by atoms with E-state index in [1.54, 1.807) is 6.08 Å². The maximum atomic E-state index is 12.0. The van der Waals surface area contributed by atoms with Gasteiger partial charge in [-0.3, -0.25) is 9.59 Å². The normalized spacial score (nSPS) is 10.4. The van der Waals surface area contributed by atoms with E-state index >= 15 is 0 Å². The largest absolute Gasteiger partial charge is 0.468 e. The number of hydrogen-bond donors (Lipinski definition) is 0.